The summed E-state index contributed by atoms with van der Waals surface area (Å²) >= 11 is 0. The number of carbonyl (C=O) groups excluding carboxylic acids is 2. The van der Waals surface area contributed by atoms with E-state index in [2.05, 4.69) is 31.8 Å². The zero-order valence-corrected chi connectivity index (χ0v) is 28.1. The second kappa shape index (κ2) is 12.9. The lowest BCUT2D eigenvalue weighted by atomic mass is 10.1. The Labute approximate surface area is 280 Å². The van der Waals surface area contributed by atoms with Crippen molar-refractivity contribution in [3.63, 3.8) is 0 Å². The van der Waals surface area contributed by atoms with Crippen LogP contribution in [0.1, 0.15) is 76.4 Å². The molecule has 4 aromatic rings. The van der Waals surface area contributed by atoms with Gasteiger partial charge in [0.15, 0.2) is 0 Å². The fraction of sp³-hybridized carbons (Fsp3) is 0.316. The van der Waals surface area contributed by atoms with Gasteiger partial charge in [0.25, 0.3) is 0 Å². The Morgan fingerprint density at radius 2 is 1.04 bits per heavy atom. The minimum atomic E-state index is -0.569. The average Bonchev–Trinajstić information content (AvgIpc) is 3.85. The maximum absolute atomic E-state index is 12.7. The Kier molecular flexibility index (Phi) is 8.71. The Bertz CT molecular complexity index is 1770. The number of amides is 2. The van der Waals surface area contributed by atoms with E-state index in [1.165, 1.54) is 0 Å². The lowest BCUT2D eigenvalue weighted by molar-refractivity contribution is 0.0225. The first-order valence-corrected chi connectivity index (χ1v) is 16.0. The molecule has 2 aromatic carbocycles. The molecule has 0 spiro atoms. The molecule has 2 N–H and O–H groups in total. The van der Waals surface area contributed by atoms with Gasteiger partial charge in [-0.25, -0.2) is 19.6 Å². The summed E-state index contributed by atoms with van der Waals surface area (Å²) in [5.41, 5.74) is 4.28. The van der Waals surface area contributed by atoms with Crippen LogP contribution in [0.25, 0.3) is 22.5 Å². The third-order valence-corrected chi connectivity index (χ3v) is 7.66. The molecule has 0 saturated heterocycles. The number of imidazole rings is 2. The highest BCUT2D eigenvalue weighted by Crippen LogP contribution is 2.30. The number of H-pyrrole nitrogens is 2. The number of aromatic amines is 2. The van der Waals surface area contributed by atoms with E-state index in [-0.39, 0.29) is 24.3 Å². The standard InChI is InChI=1S/C38H40N6O4/c1-37(2,3)47-35(45)43-21-7-9-31(43)33-39-23-29(41-33)27-17-13-25(14-18-27)11-12-26-15-19-28(20-16-26)30-24-40-34(42-30)32-10-8-22-44(32)36(46)48-38(4,5)6/h7-10,13-20,23-24,31-32H,21-22H2,1-6H3,(H,39,41)(H,40,42)/t31-,32-/m0/s1. The Hall–Kier alpha value is -5.56. The van der Waals surface area contributed by atoms with Crippen molar-refractivity contribution >= 4 is 12.2 Å². The summed E-state index contributed by atoms with van der Waals surface area (Å²) < 4.78 is 11.1. The number of hydrogen-bond acceptors (Lipinski definition) is 6. The average molecular weight is 645 g/mol. The molecule has 0 saturated carbocycles. The molecule has 2 aliphatic rings. The number of ether oxygens (including phenoxy) is 2. The fourth-order valence-electron chi connectivity index (χ4n) is 5.41. The minimum absolute atomic E-state index is 0.306. The van der Waals surface area contributed by atoms with E-state index in [0.29, 0.717) is 24.7 Å². The van der Waals surface area contributed by atoms with Gasteiger partial charge in [0.1, 0.15) is 34.9 Å². The highest BCUT2D eigenvalue weighted by atomic mass is 16.6. The van der Waals surface area contributed by atoms with Gasteiger partial charge in [0.05, 0.1) is 23.8 Å². The van der Waals surface area contributed by atoms with Crippen molar-refractivity contribution in [3.8, 4) is 34.4 Å². The molecule has 48 heavy (non-hydrogen) atoms. The van der Waals surface area contributed by atoms with Crippen molar-refractivity contribution in [2.24, 2.45) is 0 Å². The molecule has 4 heterocycles. The largest absolute Gasteiger partial charge is 0.444 e. The topological polar surface area (TPSA) is 116 Å². The van der Waals surface area contributed by atoms with Gasteiger partial charge in [-0.15, -0.1) is 0 Å². The quantitative estimate of drug-likeness (QED) is 0.175. The molecule has 0 unspecified atom stereocenters. The molecule has 6 rings (SSSR count). The number of carbonyl (C=O) groups is 2. The number of aromatic nitrogens is 4. The first kappa shape index (κ1) is 32.4. The monoisotopic (exact) mass is 644 g/mol. The maximum Gasteiger partial charge on any atom is 0.411 e. The van der Waals surface area contributed by atoms with Crippen LogP contribution in [0.5, 0.6) is 0 Å². The first-order chi connectivity index (χ1) is 22.8. The third-order valence-electron chi connectivity index (χ3n) is 7.66. The van der Waals surface area contributed by atoms with Crippen molar-refractivity contribution < 1.29 is 19.1 Å². The van der Waals surface area contributed by atoms with Gasteiger partial charge in [-0.1, -0.05) is 60.4 Å². The molecule has 2 aromatic heterocycles. The molecule has 0 bridgehead atoms. The number of rotatable bonds is 4. The van der Waals surface area contributed by atoms with E-state index in [9.17, 15) is 9.59 Å². The summed E-state index contributed by atoms with van der Waals surface area (Å²) in [6.07, 6.45) is 10.6. The van der Waals surface area contributed by atoms with Gasteiger partial charge in [-0.3, -0.25) is 9.80 Å². The van der Waals surface area contributed by atoms with E-state index in [4.69, 9.17) is 9.47 Å². The zero-order valence-electron chi connectivity index (χ0n) is 28.1. The van der Waals surface area contributed by atoms with E-state index in [1.807, 2.05) is 114 Å². The smallest absolute Gasteiger partial charge is 0.411 e. The molecule has 0 aliphatic carbocycles. The van der Waals surface area contributed by atoms with Gasteiger partial charge in [-0.2, -0.15) is 0 Å². The summed E-state index contributed by atoms with van der Waals surface area (Å²) in [7, 11) is 0. The predicted molar refractivity (Wildman–Crippen MR) is 184 cm³/mol. The molecule has 2 atom stereocenters. The van der Waals surface area contributed by atoms with Crippen molar-refractivity contribution in [1.82, 2.24) is 29.7 Å². The molecule has 2 aliphatic heterocycles. The van der Waals surface area contributed by atoms with Gasteiger partial charge in [0.2, 0.25) is 0 Å². The van der Waals surface area contributed by atoms with E-state index >= 15 is 0 Å². The van der Waals surface area contributed by atoms with Gasteiger partial charge in [-0.05, 0) is 76.9 Å². The van der Waals surface area contributed by atoms with Gasteiger partial charge < -0.3 is 19.4 Å². The Morgan fingerprint density at radius 1 is 0.667 bits per heavy atom. The van der Waals surface area contributed by atoms with Crippen LogP contribution in [0.2, 0.25) is 0 Å². The maximum atomic E-state index is 12.7. The highest BCUT2D eigenvalue weighted by Gasteiger charge is 2.33. The fourth-order valence-corrected chi connectivity index (χ4v) is 5.41. The summed E-state index contributed by atoms with van der Waals surface area (Å²) in [5.74, 6) is 7.84. The van der Waals surface area contributed by atoms with Crippen LogP contribution in [0.3, 0.4) is 0 Å². The van der Waals surface area contributed by atoms with Crippen LogP contribution in [0.15, 0.2) is 85.2 Å². The summed E-state index contributed by atoms with van der Waals surface area (Å²) in [4.78, 5) is 44.6. The van der Waals surface area contributed by atoms with Crippen molar-refractivity contribution in [3.05, 3.63) is 108 Å². The molecule has 0 radical (unpaired) electrons. The van der Waals surface area contributed by atoms with E-state index in [1.54, 1.807) is 22.2 Å². The number of nitrogens with zero attached hydrogens (tertiary/aromatic N) is 4. The lowest BCUT2D eigenvalue weighted by Crippen LogP contribution is -2.37. The van der Waals surface area contributed by atoms with Crippen LogP contribution >= 0.6 is 0 Å². The Morgan fingerprint density at radius 3 is 1.40 bits per heavy atom. The second-order valence-electron chi connectivity index (χ2n) is 13.8. The molecular weight excluding hydrogens is 604 g/mol. The lowest BCUT2D eigenvalue weighted by Gasteiger charge is -2.27. The zero-order chi connectivity index (χ0) is 34.1. The molecule has 246 valence electrons. The van der Waals surface area contributed by atoms with Crippen LogP contribution in [-0.4, -0.2) is 66.2 Å². The third kappa shape index (κ3) is 7.52. The second-order valence-corrected chi connectivity index (χ2v) is 13.8. The number of benzene rings is 2. The van der Waals surface area contributed by atoms with Crippen LogP contribution in [-0.2, 0) is 9.47 Å². The van der Waals surface area contributed by atoms with Gasteiger partial charge >= 0.3 is 12.2 Å². The minimum Gasteiger partial charge on any atom is -0.444 e. The Balaban J connectivity index is 1.08. The van der Waals surface area contributed by atoms with Crippen LogP contribution < -0.4 is 0 Å². The van der Waals surface area contributed by atoms with Crippen molar-refractivity contribution in [2.75, 3.05) is 13.1 Å². The van der Waals surface area contributed by atoms with E-state index in [0.717, 1.165) is 33.6 Å². The first-order valence-electron chi connectivity index (χ1n) is 16.0. The van der Waals surface area contributed by atoms with Crippen molar-refractivity contribution in [1.29, 1.82) is 0 Å². The molecule has 2 amide bonds. The highest BCUT2D eigenvalue weighted by molar-refractivity contribution is 5.71. The number of hydrogen-bond donors (Lipinski definition) is 2. The number of nitrogens with one attached hydrogen (secondary N) is 2. The normalized spacial score (nSPS) is 17.4. The predicted octanol–water partition coefficient (Wildman–Crippen LogP) is 7.56. The van der Waals surface area contributed by atoms with Crippen LogP contribution in [0.4, 0.5) is 9.59 Å². The summed E-state index contributed by atoms with van der Waals surface area (Å²) in [6.45, 7) is 12.1. The SMILES string of the molecule is CC(C)(C)OC(=O)N1CC=C[C@H]1c1ncc(-c2ccc(C#Cc3ccc(-c4cnc([C@@H]5C=CCN5C(=O)OC(C)(C)C)[nH]4)cc3)cc2)[nH]1. The van der Waals surface area contributed by atoms with Crippen molar-refractivity contribution in [2.45, 2.75) is 64.8 Å². The summed E-state index contributed by atoms with van der Waals surface area (Å²) in [5, 5.41) is 0. The van der Waals surface area contributed by atoms with Gasteiger partial charge in [0, 0.05) is 24.2 Å². The van der Waals surface area contributed by atoms with Crippen LogP contribution in [0, 0.1) is 11.8 Å². The molecule has 0 fully saturated rings. The van der Waals surface area contributed by atoms with E-state index < -0.39 is 11.2 Å². The molecule has 10 heteroatoms. The molecular formula is C38H40N6O4. The molecule has 10 nitrogen and oxygen atoms in total. The summed E-state index contributed by atoms with van der Waals surface area (Å²) in [6, 6.07) is 15.3.